The molecule has 1 heterocycles. The van der Waals surface area contributed by atoms with E-state index in [-0.39, 0.29) is 0 Å². The van der Waals surface area contributed by atoms with Crippen molar-refractivity contribution < 1.29 is 4.74 Å². The van der Waals surface area contributed by atoms with Crippen molar-refractivity contribution in [2.75, 3.05) is 5.32 Å². The van der Waals surface area contributed by atoms with Gasteiger partial charge in [-0.3, -0.25) is 0 Å². The summed E-state index contributed by atoms with van der Waals surface area (Å²) in [5.74, 6) is 0.997. The van der Waals surface area contributed by atoms with Crippen molar-refractivity contribution in [3.8, 4) is 5.75 Å². The third kappa shape index (κ3) is 3.79. The number of ether oxygens (including phenoxy) is 1. The molecule has 1 fully saturated rings. The van der Waals surface area contributed by atoms with Crippen LogP contribution in [-0.4, -0.2) is 6.10 Å². The lowest BCUT2D eigenvalue weighted by molar-refractivity contribution is 0.210. The van der Waals surface area contributed by atoms with Gasteiger partial charge < -0.3 is 10.1 Å². The fourth-order valence-corrected chi connectivity index (χ4v) is 3.75. The van der Waals surface area contributed by atoms with Gasteiger partial charge in [0.1, 0.15) is 5.75 Å². The van der Waals surface area contributed by atoms with E-state index in [1.807, 2.05) is 11.3 Å². The molecule has 1 aliphatic rings. The van der Waals surface area contributed by atoms with Crippen molar-refractivity contribution in [3.63, 3.8) is 0 Å². The molecular formula is C18H23NOS. The molecule has 1 aliphatic carbocycles. The van der Waals surface area contributed by atoms with Crippen LogP contribution < -0.4 is 10.1 Å². The maximum atomic E-state index is 6.01. The molecule has 0 radical (unpaired) electrons. The quantitative estimate of drug-likeness (QED) is 0.746. The number of hydrogen-bond donors (Lipinski definition) is 1. The number of thiophene rings is 1. The molecule has 1 N–H and O–H groups in total. The zero-order valence-electron chi connectivity index (χ0n) is 12.5. The van der Waals surface area contributed by atoms with Crippen LogP contribution >= 0.6 is 11.3 Å². The van der Waals surface area contributed by atoms with Crippen LogP contribution in [-0.2, 0) is 0 Å². The van der Waals surface area contributed by atoms with E-state index in [4.69, 9.17) is 4.74 Å². The molecule has 112 valence electrons. The van der Waals surface area contributed by atoms with Gasteiger partial charge in [-0.15, -0.1) is 11.3 Å². The van der Waals surface area contributed by atoms with Gasteiger partial charge in [0.25, 0.3) is 0 Å². The Morgan fingerprint density at radius 3 is 2.57 bits per heavy atom. The van der Waals surface area contributed by atoms with Crippen molar-refractivity contribution in [2.45, 2.75) is 51.2 Å². The lowest BCUT2D eigenvalue weighted by atomic mass is 10.1. The van der Waals surface area contributed by atoms with Gasteiger partial charge in [-0.1, -0.05) is 13.0 Å². The van der Waals surface area contributed by atoms with E-state index in [2.05, 4.69) is 54.0 Å². The van der Waals surface area contributed by atoms with Gasteiger partial charge in [0, 0.05) is 10.6 Å². The third-order valence-corrected chi connectivity index (χ3v) is 5.08. The van der Waals surface area contributed by atoms with Gasteiger partial charge in [-0.05, 0) is 67.8 Å². The van der Waals surface area contributed by atoms with Crippen LogP contribution in [0.3, 0.4) is 0 Å². The summed E-state index contributed by atoms with van der Waals surface area (Å²) < 4.78 is 6.01. The predicted molar refractivity (Wildman–Crippen MR) is 90.3 cm³/mol. The third-order valence-electron chi connectivity index (χ3n) is 4.10. The first-order valence-electron chi connectivity index (χ1n) is 7.92. The van der Waals surface area contributed by atoms with Gasteiger partial charge in [0.15, 0.2) is 0 Å². The number of rotatable bonds is 6. The smallest absolute Gasteiger partial charge is 0.119 e. The normalized spacial score (nSPS) is 16.8. The average Bonchev–Trinajstić information content (AvgIpc) is 3.20. The fourth-order valence-electron chi connectivity index (χ4n) is 2.89. The van der Waals surface area contributed by atoms with Gasteiger partial charge in [-0.2, -0.15) is 0 Å². The number of hydrogen-bond acceptors (Lipinski definition) is 3. The first kappa shape index (κ1) is 14.5. The highest BCUT2D eigenvalue weighted by molar-refractivity contribution is 7.10. The highest BCUT2D eigenvalue weighted by atomic mass is 32.1. The van der Waals surface area contributed by atoms with E-state index in [1.165, 1.54) is 30.6 Å². The standard InChI is InChI=1S/C18H23NOS/c1-2-17(18-8-5-13-21-18)19-14-9-11-16(12-10-14)20-15-6-3-4-7-15/h5,8-13,15,17,19H,2-4,6-7H2,1H3. The van der Waals surface area contributed by atoms with Gasteiger partial charge >= 0.3 is 0 Å². The maximum Gasteiger partial charge on any atom is 0.119 e. The molecule has 0 spiro atoms. The van der Waals surface area contributed by atoms with Crippen LogP contribution in [0.1, 0.15) is 49.9 Å². The summed E-state index contributed by atoms with van der Waals surface area (Å²) in [4.78, 5) is 1.39. The number of nitrogens with one attached hydrogen (secondary N) is 1. The summed E-state index contributed by atoms with van der Waals surface area (Å²) in [5, 5.41) is 5.74. The molecule has 0 amide bonds. The van der Waals surface area contributed by atoms with Crippen LogP contribution in [0.15, 0.2) is 41.8 Å². The van der Waals surface area contributed by atoms with Crippen molar-refractivity contribution in [3.05, 3.63) is 46.7 Å². The zero-order chi connectivity index (χ0) is 14.5. The van der Waals surface area contributed by atoms with Crippen LogP contribution in [0.4, 0.5) is 5.69 Å². The predicted octanol–water partition coefficient (Wildman–Crippen LogP) is 5.63. The molecule has 2 aromatic rings. The van der Waals surface area contributed by atoms with Gasteiger partial charge in [0.2, 0.25) is 0 Å². The summed E-state index contributed by atoms with van der Waals surface area (Å²) in [6, 6.07) is 13.1. The zero-order valence-corrected chi connectivity index (χ0v) is 13.4. The molecule has 3 rings (SSSR count). The SMILES string of the molecule is CCC(Nc1ccc(OC2CCCC2)cc1)c1cccs1. The van der Waals surface area contributed by atoms with Crippen LogP contribution in [0.5, 0.6) is 5.75 Å². The van der Waals surface area contributed by atoms with E-state index < -0.39 is 0 Å². The minimum absolute atomic E-state index is 0.395. The lowest BCUT2D eigenvalue weighted by Crippen LogP contribution is -2.11. The minimum Gasteiger partial charge on any atom is -0.490 e. The molecule has 2 nitrogen and oxygen atoms in total. The van der Waals surface area contributed by atoms with Crippen molar-refractivity contribution >= 4 is 17.0 Å². The Kier molecular flexibility index (Phi) is 4.81. The Hall–Kier alpha value is -1.48. The average molecular weight is 301 g/mol. The largest absolute Gasteiger partial charge is 0.490 e. The fraction of sp³-hybridized carbons (Fsp3) is 0.444. The molecule has 1 aromatic heterocycles. The topological polar surface area (TPSA) is 21.3 Å². The highest BCUT2D eigenvalue weighted by Gasteiger charge is 2.16. The maximum absolute atomic E-state index is 6.01. The summed E-state index contributed by atoms with van der Waals surface area (Å²) in [7, 11) is 0. The van der Waals surface area contributed by atoms with Gasteiger partial charge in [0.05, 0.1) is 12.1 Å². The Balaban J connectivity index is 1.60. The summed E-state index contributed by atoms with van der Waals surface area (Å²) in [5.41, 5.74) is 1.16. The molecule has 1 aromatic carbocycles. The molecule has 1 unspecified atom stereocenters. The second-order valence-corrected chi connectivity index (χ2v) is 6.65. The first-order valence-corrected chi connectivity index (χ1v) is 8.80. The molecule has 0 bridgehead atoms. The monoisotopic (exact) mass is 301 g/mol. The lowest BCUT2D eigenvalue weighted by Gasteiger charge is -2.18. The second-order valence-electron chi connectivity index (χ2n) is 5.67. The Morgan fingerprint density at radius 1 is 1.19 bits per heavy atom. The van der Waals surface area contributed by atoms with Gasteiger partial charge in [-0.25, -0.2) is 0 Å². The van der Waals surface area contributed by atoms with E-state index >= 15 is 0 Å². The van der Waals surface area contributed by atoms with Crippen LogP contribution in [0, 0.1) is 0 Å². The number of anilines is 1. The Morgan fingerprint density at radius 2 is 1.95 bits per heavy atom. The molecular weight excluding hydrogens is 278 g/mol. The van der Waals surface area contributed by atoms with Crippen molar-refractivity contribution in [1.29, 1.82) is 0 Å². The Labute approximate surface area is 131 Å². The van der Waals surface area contributed by atoms with E-state index in [9.17, 15) is 0 Å². The molecule has 3 heteroatoms. The Bertz CT molecular complexity index is 529. The molecule has 1 atom stereocenters. The van der Waals surface area contributed by atoms with E-state index in [0.717, 1.165) is 17.9 Å². The minimum atomic E-state index is 0.395. The second kappa shape index (κ2) is 6.99. The molecule has 21 heavy (non-hydrogen) atoms. The summed E-state index contributed by atoms with van der Waals surface area (Å²) in [6.07, 6.45) is 6.54. The van der Waals surface area contributed by atoms with Crippen molar-refractivity contribution in [1.82, 2.24) is 0 Å². The van der Waals surface area contributed by atoms with E-state index in [0.29, 0.717) is 12.1 Å². The highest BCUT2D eigenvalue weighted by Crippen LogP contribution is 2.28. The molecule has 0 saturated heterocycles. The van der Waals surface area contributed by atoms with Crippen LogP contribution in [0.2, 0.25) is 0 Å². The van der Waals surface area contributed by atoms with E-state index in [1.54, 1.807) is 0 Å². The first-order chi connectivity index (χ1) is 10.3. The molecule has 1 saturated carbocycles. The van der Waals surface area contributed by atoms with Crippen LogP contribution in [0.25, 0.3) is 0 Å². The number of benzene rings is 1. The summed E-state index contributed by atoms with van der Waals surface area (Å²) >= 11 is 1.81. The van der Waals surface area contributed by atoms with Crippen molar-refractivity contribution in [2.24, 2.45) is 0 Å². The summed E-state index contributed by atoms with van der Waals surface area (Å²) in [6.45, 7) is 2.22. The molecule has 0 aliphatic heterocycles.